The maximum Gasteiger partial charge on any atom is 0.125 e. The first-order chi connectivity index (χ1) is 7.81. The van der Waals surface area contributed by atoms with Gasteiger partial charge < -0.3 is 10.6 Å². The van der Waals surface area contributed by atoms with Crippen LogP contribution in [0.2, 0.25) is 0 Å². The van der Waals surface area contributed by atoms with Gasteiger partial charge in [-0.1, -0.05) is 12.5 Å². The Morgan fingerprint density at radius 2 is 2.12 bits per heavy atom. The van der Waals surface area contributed by atoms with Crippen molar-refractivity contribution in [2.75, 3.05) is 11.9 Å². The molecule has 2 aliphatic rings. The first kappa shape index (κ1) is 10.1. The maximum absolute atomic E-state index is 13.0. The molecule has 1 atom stereocenters. The van der Waals surface area contributed by atoms with Crippen molar-refractivity contribution in [1.82, 2.24) is 5.32 Å². The summed E-state index contributed by atoms with van der Waals surface area (Å²) >= 11 is 0. The normalized spacial score (nSPS) is 24.4. The van der Waals surface area contributed by atoms with Crippen LogP contribution in [0.5, 0.6) is 0 Å². The molecule has 0 bridgehead atoms. The molecule has 2 nitrogen and oxygen atoms in total. The molecule has 1 fully saturated rings. The summed E-state index contributed by atoms with van der Waals surface area (Å²) in [5.41, 5.74) is 2.19. The molecular weight excluding hydrogens is 203 g/mol. The van der Waals surface area contributed by atoms with Crippen LogP contribution < -0.4 is 10.6 Å². The highest BCUT2D eigenvalue weighted by Crippen LogP contribution is 2.25. The Morgan fingerprint density at radius 1 is 1.25 bits per heavy atom. The van der Waals surface area contributed by atoms with E-state index in [0.717, 1.165) is 18.7 Å². The Hall–Kier alpha value is -1.09. The highest BCUT2D eigenvalue weighted by Gasteiger charge is 2.24. The molecule has 0 amide bonds. The lowest BCUT2D eigenvalue weighted by atomic mass is 9.90. The molecule has 0 spiro atoms. The van der Waals surface area contributed by atoms with E-state index in [-0.39, 0.29) is 5.82 Å². The number of hydrogen-bond acceptors (Lipinski definition) is 2. The van der Waals surface area contributed by atoms with Crippen LogP contribution in [0.3, 0.4) is 0 Å². The molecule has 0 aromatic heterocycles. The molecule has 16 heavy (non-hydrogen) atoms. The Bertz CT molecular complexity index is 388. The zero-order chi connectivity index (χ0) is 11.0. The van der Waals surface area contributed by atoms with Crippen molar-refractivity contribution in [3.05, 3.63) is 29.6 Å². The van der Waals surface area contributed by atoms with Crippen LogP contribution in [0.15, 0.2) is 18.2 Å². The Labute approximate surface area is 95.2 Å². The number of hydrogen-bond donors (Lipinski definition) is 2. The van der Waals surface area contributed by atoms with Crippen molar-refractivity contribution < 1.29 is 4.39 Å². The fraction of sp³-hybridized carbons (Fsp3) is 0.538. The second-order valence-electron chi connectivity index (χ2n) is 4.88. The quantitative estimate of drug-likeness (QED) is 0.799. The van der Waals surface area contributed by atoms with Gasteiger partial charge in [0.05, 0.1) is 0 Å². The van der Waals surface area contributed by atoms with Crippen molar-refractivity contribution >= 4 is 5.69 Å². The summed E-state index contributed by atoms with van der Waals surface area (Å²) in [6, 6.07) is 6.25. The van der Waals surface area contributed by atoms with E-state index in [1.165, 1.54) is 24.8 Å². The van der Waals surface area contributed by atoms with E-state index in [0.29, 0.717) is 12.1 Å². The molecule has 86 valence electrons. The third kappa shape index (κ3) is 1.92. The number of nitrogens with one attached hydrogen (secondary N) is 2. The van der Waals surface area contributed by atoms with E-state index in [1.807, 2.05) is 6.07 Å². The van der Waals surface area contributed by atoms with E-state index >= 15 is 0 Å². The fourth-order valence-electron chi connectivity index (χ4n) is 2.49. The van der Waals surface area contributed by atoms with Gasteiger partial charge in [-0.15, -0.1) is 0 Å². The van der Waals surface area contributed by atoms with Gasteiger partial charge in [0.25, 0.3) is 0 Å². The predicted molar refractivity (Wildman–Crippen MR) is 63.2 cm³/mol. The summed E-state index contributed by atoms with van der Waals surface area (Å²) in [6.45, 7) is 0.910. The van der Waals surface area contributed by atoms with Crippen LogP contribution >= 0.6 is 0 Å². The Balaban J connectivity index is 1.68. The summed E-state index contributed by atoms with van der Waals surface area (Å²) in [6.07, 6.45) is 5.00. The van der Waals surface area contributed by atoms with Gasteiger partial charge in [-0.05, 0) is 37.0 Å². The van der Waals surface area contributed by atoms with Gasteiger partial charge >= 0.3 is 0 Å². The van der Waals surface area contributed by atoms with Crippen molar-refractivity contribution in [1.29, 1.82) is 0 Å². The molecule has 1 aliphatic carbocycles. The van der Waals surface area contributed by atoms with Crippen LogP contribution in [0.4, 0.5) is 10.1 Å². The summed E-state index contributed by atoms with van der Waals surface area (Å²) < 4.78 is 13.0. The van der Waals surface area contributed by atoms with Crippen LogP contribution in [0.25, 0.3) is 0 Å². The molecule has 1 heterocycles. The van der Waals surface area contributed by atoms with Crippen LogP contribution in [0.1, 0.15) is 24.8 Å². The van der Waals surface area contributed by atoms with E-state index in [2.05, 4.69) is 10.6 Å². The smallest absolute Gasteiger partial charge is 0.125 e. The lowest BCUT2D eigenvalue weighted by molar-refractivity contribution is 0.304. The topological polar surface area (TPSA) is 24.1 Å². The van der Waals surface area contributed by atoms with Crippen molar-refractivity contribution in [3.8, 4) is 0 Å². The van der Waals surface area contributed by atoms with Crippen molar-refractivity contribution in [2.24, 2.45) is 0 Å². The second-order valence-corrected chi connectivity index (χ2v) is 4.88. The van der Waals surface area contributed by atoms with E-state index in [9.17, 15) is 4.39 Å². The Morgan fingerprint density at radius 3 is 2.88 bits per heavy atom. The fourth-order valence-corrected chi connectivity index (χ4v) is 2.49. The third-order valence-corrected chi connectivity index (χ3v) is 3.65. The zero-order valence-electron chi connectivity index (χ0n) is 9.30. The van der Waals surface area contributed by atoms with Gasteiger partial charge in [0.15, 0.2) is 0 Å². The molecule has 2 N–H and O–H groups in total. The SMILES string of the molecule is Fc1ccc2c(c1)NCC(NC1CCC1)C2. The number of anilines is 1. The van der Waals surface area contributed by atoms with Crippen molar-refractivity contribution in [2.45, 2.75) is 37.8 Å². The molecule has 1 aromatic carbocycles. The Kier molecular flexibility index (Phi) is 2.56. The molecule has 1 unspecified atom stereocenters. The lowest BCUT2D eigenvalue weighted by Gasteiger charge is -2.34. The van der Waals surface area contributed by atoms with Crippen LogP contribution in [-0.2, 0) is 6.42 Å². The highest BCUT2D eigenvalue weighted by atomic mass is 19.1. The predicted octanol–water partition coefficient (Wildman–Crippen LogP) is 2.30. The van der Waals surface area contributed by atoms with E-state index in [4.69, 9.17) is 0 Å². The summed E-state index contributed by atoms with van der Waals surface area (Å²) in [7, 11) is 0. The van der Waals surface area contributed by atoms with Crippen LogP contribution in [-0.4, -0.2) is 18.6 Å². The average Bonchev–Trinajstić information content (AvgIpc) is 2.23. The molecule has 1 aliphatic heterocycles. The minimum Gasteiger partial charge on any atom is -0.383 e. The van der Waals surface area contributed by atoms with Gasteiger partial charge in [-0.2, -0.15) is 0 Å². The summed E-state index contributed by atoms with van der Waals surface area (Å²) in [5, 5.41) is 6.96. The largest absolute Gasteiger partial charge is 0.383 e. The van der Waals surface area contributed by atoms with Gasteiger partial charge in [-0.25, -0.2) is 4.39 Å². The van der Waals surface area contributed by atoms with Gasteiger partial charge in [-0.3, -0.25) is 0 Å². The summed E-state index contributed by atoms with van der Waals surface area (Å²) in [5.74, 6) is -0.156. The maximum atomic E-state index is 13.0. The molecule has 1 saturated carbocycles. The second kappa shape index (κ2) is 4.06. The molecular formula is C13H17FN2. The van der Waals surface area contributed by atoms with E-state index < -0.39 is 0 Å². The zero-order valence-corrected chi connectivity index (χ0v) is 9.30. The minimum absolute atomic E-state index is 0.156. The number of halogens is 1. The molecule has 3 rings (SSSR count). The highest BCUT2D eigenvalue weighted by molar-refractivity contribution is 5.54. The first-order valence-electron chi connectivity index (χ1n) is 6.09. The third-order valence-electron chi connectivity index (χ3n) is 3.65. The van der Waals surface area contributed by atoms with E-state index in [1.54, 1.807) is 12.1 Å². The molecule has 3 heteroatoms. The average molecular weight is 220 g/mol. The van der Waals surface area contributed by atoms with Crippen LogP contribution in [0, 0.1) is 5.82 Å². The standard InChI is InChI=1S/C13H17FN2/c14-10-5-4-9-6-12(8-15-13(9)7-10)16-11-2-1-3-11/h4-5,7,11-12,15-16H,1-3,6,8H2. The molecule has 0 radical (unpaired) electrons. The summed E-state index contributed by atoms with van der Waals surface area (Å²) in [4.78, 5) is 0. The molecule has 0 saturated heterocycles. The van der Waals surface area contributed by atoms with Gasteiger partial charge in [0.2, 0.25) is 0 Å². The van der Waals surface area contributed by atoms with Gasteiger partial charge in [0, 0.05) is 24.3 Å². The molecule has 1 aromatic rings. The minimum atomic E-state index is -0.156. The number of benzene rings is 1. The first-order valence-corrected chi connectivity index (χ1v) is 6.09. The van der Waals surface area contributed by atoms with Gasteiger partial charge in [0.1, 0.15) is 5.82 Å². The van der Waals surface area contributed by atoms with Crippen molar-refractivity contribution in [3.63, 3.8) is 0 Å². The lowest BCUT2D eigenvalue weighted by Crippen LogP contribution is -2.48. The monoisotopic (exact) mass is 220 g/mol. The number of fused-ring (bicyclic) bond motifs is 1. The number of rotatable bonds is 2.